The molecule has 1 aliphatic heterocycles. The molecule has 0 bridgehead atoms. The molecule has 1 N–H and O–H groups in total. The first kappa shape index (κ1) is 20.7. The number of nitrogens with zero attached hydrogens (tertiary/aromatic N) is 3. The van der Waals surface area contributed by atoms with E-state index in [1.54, 1.807) is 12.3 Å². The number of benzene rings is 1. The van der Waals surface area contributed by atoms with Crippen molar-refractivity contribution in [3.05, 3.63) is 66.1 Å². The van der Waals surface area contributed by atoms with Gasteiger partial charge in [0.05, 0.1) is 10.9 Å². The molecule has 0 unspecified atom stereocenters. The maximum atomic E-state index is 13.1. The molecule has 0 spiro atoms. The lowest BCUT2D eigenvalue weighted by Crippen LogP contribution is -2.30. The number of ether oxygens (including phenoxy) is 1. The molecule has 0 radical (unpaired) electrons. The summed E-state index contributed by atoms with van der Waals surface area (Å²) in [6.45, 7) is 1.89. The van der Waals surface area contributed by atoms with Crippen molar-refractivity contribution in [3.8, 4) is 5.88 Å². The van der Waals surface area contributed by atoms with Crippen molar-refractivity contribution in [3.63, 3.8) is 0 Å². The fourth-order valence-corrected chi connectivity index (χ4v) is 4.94. The fourth-order valence-electron chi connectivity index (χ4n) is 4.94. The molecule has 32 heavy (non-hydrogen) atoms. The highest BCUT2D eigenvalue weighted by Gasteiger charge is 2.23. The van der Waals surface area contributed by atoms with Crippen LogP contribution < -0.4 is 4.74 Å². The second-order valence-electron chi connectivity index (χ2n) is 8.91. The maximum Gasteiger partial charge on any atom is 0.225 e. The number of H-pyrrole nitrogens is 1. The van der Waals surface area contributed by atoms with Gasteiger partial charge in [0, 0.05) is 37.5 Å². The Morgan fingerprint density at radius 1 is 1.06 bits per heavy atom. The molecule has 1 aliphatic carbocycles. The van der Waals surface area contributed by atoms with Crippen LogP contribution in [0.1, 0.15) is 66.9 Å². The molecule has 1 saturated heterocycles. The number of pyridine rings is 1. The normalized spacial score (nSPS) is 20.1. The first-order valence-electron chi connectivity index (χ1n) is 11.8. The molecule has 166 valence electrons. The van der Waals surface area contributed by atoms with E-state index in [1.807, 2.05) is 12.3 Å². The molecular formula is C26H30N4O2. The molecule has 1 aromatic carbocycles. The molecule has 5 rings (SSSR count). The predicted molar refractivity (Wildman–Crippen MR) is 125 cm³/mol. The van der Waals surface area contributed by atoms with Crippen molar-refractivity contribution >= 4 is 16.7 Å². The van der Waals surface area contributed by atoms with Crippen LogP contribution in [0, 0.1) is 0 Å². The van der Waals surface area contributed by atoms with Gasteiger partial charge < -0.3 is 9.64 Å². The zero-order chi connectivity index (χ0) is 21.8. The summed E-state index contributed by atoms with van der Waals surface area (Å²) in [7, 11) is 0. The SMILES string of the molecule is O=C(/C=C/N1CCC[C@H](c2ccccc2)C1)c1n[nH]c2ccnc(OC3CCCCC3)c12. The lowest BCUT2D eigenvalue weighted by Gasteiger charge is -2.32. The highest BCUT2D eigenvalue weighted by Crippen LogP contribution is 2.30. The second kappa shape index (κ2) is 9.55. The van der Waals surface area contributed by atoms with Crippen LogP contribution in [-0.2, 0) is 0 Å². The smallest absolute Gasteiger partial charge is 0.225 e. The van der Waals surface area contributed by atoms with E-state index < -0.39 is 0 Å². The van der Waals surface area contributed by atoms with E-state index in [1.165, 1.54) is 31.2 Å². The van der Waals surface area contributed by atoms with Crippen molar-refractivity contribution in [1.29, 1.82) is 0 Å². The van der Waals surface area contributed by atoms with Crippen LogP contribution in [0.15, 0.2) is 54.9 Å². The minimum atomic E-state index is -0.125. The standard InChI is InChI=1S/C26H30N4O2/c31-23(14-17-30-16-7-10-20(18-30)19-8-3-1-4-9-19)25-24-22(28-29-25)13-15-27-26(24)32-21-11-5-2-6-12-21/h1,3-4,8-9,13-15,17,20-21H,2,5-7,10-12,16,18H2,(H,28,29)/b17-14+/t20-/m0/s1. The third-order valence-corrected chi connectivity index (χ3v) is 6.67. The number of hydrogen-bond donors (Lipinski definition) is 1. The Morgan fingerprint density at radius 3 is 2.75 bits per heavy atom. The lowest BCUT2D eigenvalue weighted by atomic mass is 9.91. The van der Waals surface area contributed by atoms with E-state index in [0.717, 1.165) is 37.9 Å². The molecule has 1 saturated carbocycles. The van der Waals surface area contributed by atoms with Crippen molar-refractivity contribution in [2.75, 3.05) is 13.1 Å². The van der Waals surface area contributed by atoms with Crippen LogP contribution in [0.3, 0.4) is 0 Å². The summed E-state index contributed by atoms with van der Waals surface area (Å²) in [5.41, 5.74) is 2.53. The number of rotatable bonds is 6. The molecular weight excluding hydrogens is 400 g/mol. The van der Waals surface area contributed by atoms with E-state index in [-0.39, 0.29) is 11.9 Å². The van der Waals surface area contributed by atoms with Gasteiger partial charge in [0.15, 0.2) is 0 Å². The number of carbonyl (C=O) groups is 1. The summed E-state index contributed by atoms with van der Waals surface area (Å²) in [5.74, 6) is 0.886. The van der Waals surface area contributed by atoms with Gasteiger partial charge in [0.2, 0.25) is 11.7 Å². The minimum absolute atomic E-state index is 0.125. The third-order valence-electron chi connectivity index (χ3n) is 6.67. The highest BCUT2D eigenvalue weighted by molar-refractivity contribution is 6.12. The zero-order valence-electron chi connectivity index (χ0n) is 18.4. The van der Waals surface area contributed by atoms with Crippen LogP contribution in [0.25, 0.3) is 10.9 Å². The average Bonchev–Trinajstić information content (AvgIpc) is 3.29. The Morgan fingerprint density at radius 2 is 1.91 bits per heavy atom. The summed E-state index contributed by atoms with van der Waals surface area (Å²) in [4.78, 5) is 19.8. The Hall–Kier alpha value is -3.15. The van der Waals surface area contributed by atoms with Crippen molar-refractivity contribution in [2.24, 2.45) is 0 Å². The summed E-state index contributed by atoms with van der Waals surface area (Å²) in [6, 6.07) is 12.5. The van der Waals surface area contributed by atoms with Gasteiger partial charge in [-0.15, -0.1) is 0 Å². The Kier molecular flexibility index (Phi) is 6.19. The highest BCUT2D eigenvalue weighted by atomic mass is 16.5. The second-order valence-corrected chi connectivity index (χ2v) is 8.91. The Bertz CT molecular complexity index is 1090. The van der Waals surface area contributed by atoms with Crippen molar-refractivity contribution in [2.45, 2.75) is 57.0 Å². The van der Waals surface area contributed by atoms with Gasteiger partial charge in [0.25, 0.3) is 0 Å². The molecule has 2 fully saturated rings. The van der Waals surface area contributed by atoms with Crippen molar-refractivity contribution < 1.29 is 9.53 Å². The Balaban J connectivity index is 1.32. The molecule has 0 amide bonds. The molecule has 3 heterocycles. The molecule has 1 atom stereocenters. The molecule has 3 aromatic rings. The molecule has 6 heteroatoms. The zero-order valence-corrected chi connectivity index (χ0v) is 18.4. The first-order chi connectivity index (χ1) is 15.8. The summed E-state index contributed by atoms with van der Waals surface area (Å²) >= 11 is 0. The van der Waals surface area contributed by atoms with Gasteiger partial charge in [-0.25, -0.2) is 4.98 Å². The van der Waals surface area contributed by atoms with Crippen LogP contribution in [0.5, 0.6) is 5.88 Å². The van der Waals surface area contributed by atoms with E-state index in [0.29, 0.717) is 22.9 Å². The number of piperidine rings is 1. The number of carbonyl (C=O) groups excluding carboxylic acids is 1. The third kappa shape index (κ3) is 4.54. The topological polar surface area (TPSA) is 71.1 Å². The van der Waals surface area contributed by atoms with Crippen LogP contribution >= 0.6 is 0 Å². The Labute approximate surface area is 188 Å². The number of aromatic amines is 1. The molecule has 6 nitrogen and oxygen atoms in total. The largest absolute Gasteiger partial charge is 0.474 e. The number of hydrogen-bond acceptors (Lipinski definition) is 5. The van der Waals surface area contributed by atoms with Crippen LogP contribution in [-0.4, -0.2) is 45.1 Å². The summed E-state index contributed by atoms with van der Waals surface area (Å²) in [5, 5.41) is 7.97. The average molecular weight is 431 g/mol. The number of ketones is 1. The minimum Gasteiger partial charge on any atom is -0.474 e. The van der Waals surface area contributed by atoms with Gasteiger partial charge in [-0.05, 0) is 50.2 Å². The lowest BCUT2D eigenvalue weighted by molar-refractivity contribution is 0.104. The maximum absolute atomic E-state index is 13.1. The number of likely N-dealkylation sites (tertiary alicyclic amines) is 1. The number of aromatic nitrogens is 3. The summed E-state index contributed by atoms with van der Waals surface area (Å²) < 4.78 is 6.22. The van der Waals surface area contributed by atoms with Crippen LogP contribution in [0.2, 0.25) is 0 Å². The molecule has 2 aliphatic rings. The van der Waals surface area contributed by atoms with E-state index in [4.69, 9.17) is 4.74 Å². The fraction of sp³-hybridized carbons (Fsp3) is 0.423. The first-order valence-corrected chi connectivity index (χ1v) is 11.8. The number of fused-ring (bicyclic) bond motifs is 1. The van der Waals surface area contributed by atoms with Gasteiger partial charge in [0.1, 0.15) is 11.8 Å². The monoisotopic (exact) mass is 430 g/mol. The quantitative estimate of drug-likeness (QED) is 0.427. The van der Waals surface area contributed by atoms with Gasteiger partial charge in [-0.1, -0.05) is 36.8 Å². The van der Waals surface area contributed by atoms with E-state index in [2.05, 4.69) is 50.4 Å². The predicted octanol–water partition coefficient (Wildman–Crippen LogP) is 5.25. The number of allylic oxidation sites excluding steroid dienone is 1. The summed E-state index contributed by atoms with van der Waals surface area (Å²) in [6.07, 6.45) is 13.4. The van der Waals surface area contributed by atoms with Crippen LogP contribution in [0.4, 0.5) is 0 Å². The van der Waals surface area contributed by atoms with Gasteiger partial charge >= 0.3 is 0 Å². The van der Waals surface area contributed by atoms with Gasteiger partial charge in [-0.2, -0.15) is 5.10 Å². The molecule has 2 aromatic heterocycles. The van der Waals surface area contributed by atoms with Crippen molar-refractivity contribution in [1.82, 2.24) is 20.1 Å². The van der Waals surface area contributed by atoms with E-state index in [9.17, 15) is 4.79 Å². The number of nitrogens with one attached hydrogen (secondary N) is 1. The van der Waals surface area contributed by atoms with E-state index >= 15 is 0 Å². The van der Waals surface area contributed by atoms with Gasteiger partial charge in [-0.3, -0.25) is 9.89 Å².